The summed E-state index contributed by atoms with van der Waals surface area (Å²) in [6, 6.07) is 0.129. The van der Waals surface area contributed by atoms with E-state index >= 15 is 0 Å². The van der Waals surface area contributed by atoms with Crippen LogP contribution >= 0.6 is 0 Å². The molecule has 2 aliphatic rings. The van der Waals surface area contributed by atoms with Crippen LogP contribution in [0, 0.1) is 0 Å². The second kappa shape index (κ2) is 5.73. The molecule has 2 aliphatic heterocycles. The molecule has 1 aromatic heterocycles. The van der Waals surface area contributed by atoms with Crippen molar-refractivity contribution in [2.75, 3.05) is 19.8 Å². The van der Waals surface area contributed by atoms with Crippen LogP contribution in [0.25, 0.3) is 0 Å². The van der Waals surface area contributed by atoms with Gasteiger partial charge in [0.25, 0.3) is 5.91 Å². The lowest BCUT2D eigenvalue weighted by Gasteiger charge is -2.34. The zero-order valence-electron chi connectivity index (χ0n) is 12.5. The number of rotatable bonds is 2. The first-order valence-electron chi connectivity index (χ1n) is 7.56. The van der Waals surface area contributed by atoms with Crippen LogP contribution in [0.1, 0.15) is 50.3 Å². The predicted molar refractivity (Wildman–Crippen MR) is 74.6 cm³/mol. The van der Waals surface area contributed by atoms with Gasteiger partial charge in [-0.1, -0.05) is 0 Å². The predicted octanol–water partition coefficient (Wildman–Crippen LogP) is 0.456. The summed E-state index contributed by atoms with van der Waals surface area (Å²) < 4.78 is 7.57. The lowest BCUT2D eigenvalue weighted by Crippen LogP contribution is -2.44. The lowest BCUT2D eigenvalue weighted by molar-refractivity contribution is -0.141. The molecular weight excluding hydrogens is 272 g/mol. The van der Waals surface area contributed by atoms with Gasteiger partial charge in [0, 0.05) is 25.7 Å². The van der Waals surface area contributed by atoms with Crippen LogP contribution in [0.3, 0.4) is 0 Å². The van der Waals surface area contributed by atoms with Gasteiger partial charge in [0.1, 0.15) is 11.9 Å². The molecule has 0 saturated carbocycles. The molecule has 0 radical (unpaired) electrons. The topological polar surface area (TPSA) is 80.5 Å². The van der Waals surface area contributed by atoms with E-state index in [0.29, 0.717) is 19.0 Å². The molecule has 21 heavy (non-hydrogen) atoms. The fourth-order valence-electron chi connectivity index (χ4n) is 3.23. The van der Waals surface area contributed by atoms with Crippen molar-refractivity contribution in [1.82, 2.24) is 19.7 Å². The summed E-state index contributed by atoms with van der Waals surface area (Å²) >= 11 is 0. The maximum atomic E-state index is 12.0. The van der Waals surface area contributed by atoms with E-state index in [-0.39, 0.29) is 11.9 Å². The second-order valence-corrected chi connectivity index (χ2v) is 5.97. The van der Waals surface area contributed by atoms with Crippen molar-refractivity contribution in [2.45, 2.75) is 51.3 Å². The highest BCUT2D eigenvalue weighted by atomic mass is 16.5. The molecule has 7 nitrogen and oxygen atoms in total. The molecule has 1 N–H and O–H groups in total. The van der Waals surface area contributed by atoms with E-state index in [1.165, 1.54) is 6.92 Å². The molecule has 0 aliphatic carbocycles. The van der Waals surface area contributed by atoms with Gasteiger partial charge in [0.15, 0.2) is 5.82 Å². The summed E-state index contributed by atoms with van der Waals surface area (Å²) in [5, 5.41) is 18.1. The van der Waals surface area contributed by atoms with E-state index in [2.05, 4.69) is 21.7 Å². The zero-order chi connectivity index (χ0) is 15.0. The Morgan fingerprint density at radius 1 is 1.38 bits per heavy atom. The Labute approximate surface area is 123 Å². The molecule has 116 valence electrons. The normalized spacial score (nSPS) is 24.7. The number of aromatic nitrogens is 3. The first-order valence-corrected chi connectivity index (χ1v) is 7.56. The standard InChI is InChI=1S/C14H22N4O3/c1-9-7-17(14(20)10(2)19)8-12-15-16-13(18(9)12)11-3-5-21-6-4-11/h9-11,19H,3-8H2,1-2H3/t9-,10+/m0/s1. The van der Waals surface area contributed by atoms with Crippen LogP contribution in [0.2, 0.25) is 0 Å². The Morgan fingerprint density at radius 3 is 2.76 bits per heavy atom. The molecule has 7 heteroatoms. The summed E-state index contributed by atoms with van der Waals surface area (Å²) in [6.45, 7) is 6.12. The number of nitrogens with zero attached hydrogens (tertiary/aromatic N) is 4. The molecule has 0 aromatic carbocycles. The number of aliphatic hydroxyl groups is 1. The van der Waals surface area contributed by atoms with Crippen molar-refractivity contribution in [1.29, 1.82) is 0 Å². The Hall–Kier alpha value is -1.47. The number of amides is 1. The summed E-state index contributed by atoms with van der Waals surface area (Å²) in [4.78, 5) is 13.6. The number of carbonyl (C=O) groups is 1. The number of hydrogen-bond acceptors (Lipinski definition) is 5. The summed E-state index contributed by atoms with van der Waals surface area (Å²) in [6.07, 6.45) is 0.976. The summed E-state index contributed by atoms with van der Waals surface area (Å²) in [7, 11) is 0. The quantitative estimate of drug-likeness (QED) is 0.857. The highest BCUT2D eigenvalue weighted by Crippen LogP contribution is 2.30. The van der Waals surface area contributed by atoms with Crippen molar-refractivity contribution in [3.63, 3.8) is 0 Å². The fraction of sp³-hybridized carbons (Fsp3) is 0.786. The maximum absolute atomic E-state index is 12.0. The molecular formula is C14H22N4O3. The third-order valence-electron chi connectivity index (χ3n) is 4.31. The van der Waals surface area contributed by atoms with E-state index in [4.69, 9.17) is 4.74 Å². The monoisotopic (exact) mass is 294 g/mol. The van der Waals surface area contributed by atoms with E-state index in [9.17, 15) is 9.90 Å². The molecule has 1 fully saturated rings. The molecule has 0 spiro atoms. The number of ether oxygens (including phenoxy) is 1. The second-order valence-electron chi connectivity index (χ2n) is 5.97. The van der Waals surface area contributed by atoms with Crippen molar-refractivity contribution in [3.8, 4) is 0 Å². The maximum Gasteiger partial charge on any atom is 0.251 e. The van der Waals surface area contributed by atoms with Gasteiger partial charge in [-0.3, -0.25) is 4.79 Å². The van der Waals surface area contributed by atoms with E-state index in [0.717, 1.165) is 37.7 Å². The lowest BCUT2D eigenvalue weighted by atomic mass is 9.99. The molecule has 0 bridgehead atoms. The van der Waals surface area contributed by atoms with Crippen molar-refractivity contribution in [2.24, 2.45) is 0 Å². The van der Waals surface area contributed by atoms with Crippen LogP contribution in [0.4, 0.5) is 0 Å². The first-order chi connectivity index (χ1) is 10.1. The first kappa shape index (κ1) is 14.5. The molecule has 0 unspecified atom stereocenters. The molecule has 3 rings (SSSR count). The van der Waals surface area contributed by atoms with Crippen LogP contribution in [0.5, 0.6) is 0 Å². The van der Waals surface area contributed by atoms with Gasteiger partial charge >= 0.3 is 0 Å². The van der Waals surface area contributed by atoms with E-state index in [1.807, 2.05) is 0 Å². The minimum absolute atomic E-state index is 0.129. The van der Waals surface area contributed by atoms with E-state index in [1.54, 1.807) is 4.90 Å². The average molecular weight is 294 g/mol. The largest absolute Gasteiger partial charge is 0.384 e. The molecule has 1 amide bonds. The molecule has 2 atom stereocenters. The zero-order valence-corrected chi connectivity index (χ0v) is 12.5. The van der Waals surface area contributed by atoms with Gasteiger partial charge in [-0.2, -0.15) is 0 Å². The Morgan fingerprint density at radius 2 is 2.10 bits per heavy atom. The summed E-state index contributed by atoms with van der Waals surface area (Å²) in [5.41, 5.74) is 0. The van der Waals surface area contributed by atoms with Crippen LogP contribution < -0.4 is 0 Å². The van der Waals surface area contributed by atoms with Crippen LogP contribution in [-0.4, -0.2) is 56.5 Å². The number of carbonyl (C=O) groups excluding carboxylic acids is 1. The smallest absolute Gasteiger partial charge is 0.251 e. The van der Waals surface area contributed by atoms with E-state index < -0.39 is 6.10 Å². The van der Waals surface area contributed by atoms with Gasteiger partial charge in [-0.05, 0) is 26.7 Å². The number of fused-ring (bicyclic) bond motifs is 1. The fourth-order valence-corrected chi connectivity index (χ4v) is 3.23. The Balaban J connectivity index is 1.83. The van der Waals surface area contributed by atoms with Crippen molar-refractivity contribution in [3.05, 3.63) is 11.6 Å². The highest BCUT2D eigenvalue weighted by Gasteiger charge is 2.33. The van der Waals surface area contributed by atoms with Gasteiger partial charge in [-0.25, -0.2) is 0 Å². The van der Waals surface area contributed by atoms with Gasteiger partial charge in [0.05, 0.1) is 12.6 Å². The molecule has 1 aromatic rings. The van der Waals surface area contributed by atoms with Gasteiger partial charge in [-0.15, -0.1) is 10.2 Å². The average Bonchev–Trinajstić information content (AvgIpc) is 2.91. The molecule has 1 saturated heterocycles. The van der Waals surface area contributed by atoms with Crippen LogP contribution in [-0.2, 0) is 16.1 Å². The molecule has 3 heterocycles. The Kier molecular flexibility index (Phi) is 3.95. The van der Waals surface area contributed by atoms with Crippen LogP contribution in [0.15, 0.2) is 0 Å². The SMILES string of the molecule is C[C@@H](O)C(=O)N1Cc2nnc(C3CCOCC3)n2[C@@H](C)C1. The van der Waals surface area contributed by atoms with Gasteiger partial charge in [0.2, 0.25) is 0 Å². The summed E-state index contributed by atoms with van der Waals surface area (Å²) in [5.74, 6) is 1.97. The third-order valence-corrected chi connectivity index (χ3v) is 4.31. The van der Waals surface area contributed by atoms with Crippen molar-refractivity contribution >= 4 is 5.91 Å². The minimum Gasteiger partial charge on any atom is -0.384 e. The van der Waals surface area contributed by atoms with Gasteiger partial charge < -0.3 is 19.3 Å². The number of hydrogen-bond donors (Lipinski definition) is 1. The highest BCUT2D eigenvalue weighted by molar-refractivity contribution is 5.80. The Bertz CT molecular complexity index is 522. The van der Waals surface area contributed by atoms with Crippen molar-refractivity contribution < 1.29 is 14.6 Å². The number of aliphatic hydroxyl groups excluding tert-OH is 1. The minimum atomic E-state index is -0.971. The third kappa shape index (κ3) is 2.67.